The molecule has 1 aliphatic heterocycles. The van der Waals surface area contributed by atoms with Crippen molar-refractivity contribution in [1.82, 2.24) is 10.3 Å². The van der Waals surface area contributed by atoms with Gasteiger partial charge in [-0.3, -0.25) is 9.59 Å². The second-order valence-electron chi connectivity index (χ2n) is 11.2. The molecule has 2 heterocycles. The van der Waals surface area contributed by atoms with E-state index in [1.165, 1.54) is 17.8 Å². The predicted octanol–water partition coefficient (Wildman–Crippen LogP) is 6.15. The summed E-state index contributed by atoms with van der Waals surface area (Å²) in [5, 5.41) is 31.1. The molecule has 4 N–H and O–H groups in total. The number of thioether (sulfide) groups is 1. The lowest BCUT2D eigenvalue weighted by molar-refractivity contribution is -0.245. The Balaban J connectivity index is 1.28. The highest BCUT2D eigenvalue weighted by molar-refractivity contribution is 7.99. The number of benzene rings is 3. The molecule has 244 valence electrons. The number of carboxylic acids is 2. The van der Waals surface area contributed by atoms with E-state index in [2.05, 4.69) is 10.3 Å². The highest BCUT2D eigenvalue weighted by Crippen LogP contribution is 2.40. The van der Waals surface area contributed by atoms with Crippen LogP contribution in [0.1, 0.15) is 70.7 Å². The number of aliphatic carboxylic acids is 1. The molecule has 1 amide bonds. The van der Waals surface area contributed by atoms with Crippen molar-refractivity contribution >= 4 is 29.6 Å². The average Bonchev–Trinajstić information content (AvgIpc) is 3.10. The van der Waals surface area contributed by atoms with E-state index in [-0.39, 0.29) is 43.1 Å². The summed E-state index contributed by atoms with van der Waals surface area (Å²) >= 11 is 1.34. The molecule has 47 heavy (non-hydrogen) atoms. The smallest absolute Gasteiger partial charge is 0.338 e. The number of carbonyl (C=O) groups is 3. The maximum Gasteiger partial charge on any atom is 0.338 e. The molecule has 1 saturated heterocycles. The van der Waals surface area contributed by atoms with Gasteiger partial charge in [-0.25, -0.2) is 9.78 Å². The summed E-state index contributed by atoms with van der Waals surface area (Å²) in [6, 6.07) is 26.5. The van der Waals surface area contributed by atoms with Gasteiger partial charge in [0.1, 0.15) is 5.03 Å². The maximum absolute atomic E-state index is 12.1. The minimum atomic E-state index is -1.03. The van der Waals surface area contributed by atoms with Crippen LogP contribution >= 0.6 is 11.8 Å². The molecule has 4 aromatic rings. The summed E-state index contributed by atoms with van der Waals surface area (Å²) in [6.45, 7) is 0.291. The number of carboxylic acid groups (broad SMARTS) is 2. The minimum Gasteiger partial charge on any atom is -0.481 e. The van der Waals surface area contributed by atoms with E-state index in [0.29, 0.717) is 30.2 Å². The number of ether oxygens (including phenoxy) is 2. The average molecular weight is 657 g/mol. The zero-order valence-electron chi connectivity index (χ0n) is 25.6. The van der Waals surface area contributed by atoms with Crippen molar-refractivity contribution in [2.24, 2.45) is 0 Å². The van der Waals surface area contributed by atoms with Crippen LogP contribution in [0.15, 0.2) is 96.2 Å². The van der Waals surface area contributed by atoms with E-state index >= 15 is 0 Å². The summed E-state index contributed by atoms with van der Waals surface area (Å²) in [5.41, 5.74) is 5.60. The molecule has 0 spiro atoms. The first-order valence-corrected chi connectivity index (χ1v) is 16.3. The van der Waals surface area contributed by atoms with Crippen LogP contribution < -0.4 is 5.32 Å². The Morgan fingerprint density at radius 1 is 0.851 bits per heavy atom. The molecule has 0 radical (unpaired) electrons. The summed E-state index contributed by atoms with van der Waals surface area (Å²) < 4.78 is 12.9. The number of aliphatic hydroxyl groups excluding tert-OH is 1. The standard InChI is InChI=1S/C36H36N2O8S/c39-21-23-9-11-26(12-10-23)31-19-29(22-47-34-30(35(43)44)6-3-17-37-34)45-36(46-31)27-15-13-25(14-16-27)28-5-1-4-24(18-28)20-38-32(40)7-2-8-33(41)42/h1,3-6,9-18,29,31,36,39H,2,7-8,19-22H2,(H,38,40)(H,41,42)(H,43,44)/t29-,31+,36+/m0/s1. The molecule has 10 nitrogen and oxygen atoms in total. The molecule has 11 heteroatoms. The van der Waals surface area contributed by atoms with Crippen molar-refractivity contribution in [3.8, 4) is 11.1 Å². The fraction of sp³-hybridized carbons (Fsp3) is 0.278. The van der Waals surface area contributed by atoms with Crippen LogP contribution in [0, 0.1) is 0 Å². The first-order chi connectivity index (χ1) is 22.8. The van der Waals surface area contributed by atoms with Crippen LogP contribution in [-0.4, -0.2) is 50.0 Å². The number of nitrogens with zero attached hydrogens (tertiary/aromatic N) is 1. The molecule has 1 fully saturated rings. The number of hydrogen-bond donors (Lipinski definition) is 4. The molecule has 3 atom stereocenters. The fourth-order valence-electron chi connectivity index (χ4n) is 5.25. The van der Waals surface area contributed by atoms with Crippen molar-refractivity contribution in [3.63, 3.8) is 0 Å². The molecule has 3 aromatic carbocycles. The molecule has 5 rings (SSSR count). The Labute approximate surface area is 276 Å². The van der Waals surface area contributed by atoms with Gasteiger partial charge in [0.25, 0.3) is 0 Å². The van der Waals surface area contributed by atoms with Crippen LogP contribution in [-0.2, 0) is 32.2 Å². The van der Waals surface area contributed by atoms with Crippen molar-refractivity contribution < 1.29 is 39.2 Å². The van der Waals surface area contributed by atoms with Crippen LogP contribution in [0.5, 0.6) is 0 Å². The van der Waals surface area contributed by atoms with E-state index in [1.807, 2.05) is 72.8 Å². The molecule has 0 bridgehead atoms. The monoisotopic (exact) mass is 656 g/mol. The first kappa shape index (κ1) is 33.8. The number of pyridine rings is 1. The van der Waals surface area contributed by atoms with Crippen LogP contribution in [0.2, 0.25) is 0 Å². The normalized spacial score (nSPS) is 17.6. The minimum absolute atomic E-state index is 0.0351. The molecular weight excluding hydrogens is 620 g/mol. The third-order valence-electron chi connectivity index (χ3n) is 7.75. The van der Waals surface area contributed by atoms with E-state index in [9.17, 15) is 24.6 Å². The summed E-state index contributed by atoms with van der Waals surface area (Å²) in [5.74, 6) is -1.66. The van der Waals surface area contributed by atoms with Gasteiger partial charge in [-0.05, 0) is 52.4 Å². The first-order valence-electron chi connectivity index (χ1n) is 15.3. The highest BCUT2D eigenvalue weighted by atomic mass is 32.2. The molecule has 0 aliphatic carbocycles. The number of amides is 1. The van der Waals surface area contributed by atoms with Crippen LogP contribution in [0.3, 0.4) is 0 Å². The Kier molecular flexibility index (Phi) is 11.7. The third kappa shape index (κ3) is 9.49. The quantitative estimate of drug-likeness (QED) is 0.116. The number of rotatable bonds is 14. The van der Waals surface area contributed by atoms with Crippen molar-refractivity contribution in [2.45, 2.75) is 62.4 Å². The largest absolute Gasteiger partial charge is 0.481 e. The lowest BCUT2D eigenvalue weighted by Crippen LogP contribution is -2.31. The lowest BCUT2D eigenvalue weighted by Gasteiger charge is -2.36. The lowest BCUT2D eigenvalue weighted by atomic mass is 9.99. The SMILES string of the molecule is O=C(O)CCCC(=O)NCc1cccc(-c2ccc([C@@H]3O[C@H](CSc4ncccc4C(=O)O)C[C@H](c4ccc(CO)cc4)O3)cc2)c1. The van der Waals surface area contributed by atoms with Gasteiger partial charge in [-0.1, -0.05) is 66.7 Å². The number of nitrogens with one attached hydrogen (secondary N) is 1. The number of aromatic nitrogens is 1. The third-order valence-corrected chi connectivity index (χ3v) is 8.89. The zero-order chi connectivity index (χ0) is 33.2. The van der Waals surface area contributed by atoms with E-state index in [0.717, 1.165) is 33.4 Å². The van der Waals surface area contributed by atoms with Gasteiger partial charge < -0.3 is 30.1 Å². The predicted molar refractivity (Wildman–Crippen MR) is 176 cm³/mol. The number of aliphatic hydroxyl groups is 1. The molecule has 1 aliphatic rings. The van der Waals surface area contributed by atoms with Crippen molar-refractivity contribution in [1.29, 1.82) is 0 Å². The number of hydrogen-bond acceptors (Lipinski definition) is 8. The molecule has 1 aromatic heterocycles. The van der Waals surface area contributed by atoms with Gasteiger partial charge in [0.05, 0.1) is 24.4 Å². The Morgan fingerprint density at radius 3 is 2.34 bits per heavy atom. The van der Waals surface area contributed by atoms with Crippen molar-refractivity contribution in [2.75, 3.05) is 5.75 Å². The summed E-state index contributed by atoms with van der Waals surface area (Å²) in [7, 11) is 0. The van der Waals surface area contributed by atoms with Crippen LogP contribution in [0.4, 0.5) is 0 Å². The Morgan fingerprint density at radius 2 is 1.62 bits per heavy atom. The molecule has 0 saturated carbocycles. The summed E-state index contributed by atoms with van der Waals surface area (Å²) in [6.07, 6.45) is 1.34. The fourth-order valence-corrected chi connectivity index (χ4v) is 6.25. The second-order valence-corrected chi connectivity index (χ2v) is 12.2. The summed E-state index contributed by atoms with van der Waals surface area (Å²) in [4.78, 5) is 38.8. The highest BCUT2D eigenvalue weighted by Gasteiger charge is 2.32. The van der Waals surface area contributed by atoms with Gasteiger partial charge in [0.2, 0.25) is 5.91 Å². The van der Waals surface area contributed by atoms with Crippen molar-refractivity contribution in [3.05, 3.63) is 119 Å². The zero-order valence-corrected chi connectivity index (χ0v) is 26.4. The van der Waals surface area contributed by atoms with E-state index < -0.39 is 18.2 Å². The molecular formula is C36H36N2O8S. The number of aromatic carboxylic acids is 1. The molecule has 0 unspecified atom stereocenters. The van der Waals surface area contributed by atoms with Gasteiger partial charge in [-0.15, -0.1) is 11.8 Å². The van der Waals surface area contributed by atoms with E-state index in [1.54, 1.807) is 12.3 Å². The maximum atomic E-state index is 12.1. The Bertz CT molecular complexity index is 1680. The van der Waals surface area contributed by atoms with Gasteiger partial charge >= 0.3 is 11.9 Å². The Hall–Kier alpha value is -4.55. The van der Waals surface area contributed by atoms with E-state index in [4.69, 9.17) is 14.6 Å². The topological polar surface area (TPSA) is 155 Å². The number of carbonyl (C=O) groups excluding carboxylic acids is 1. The van der Waals surface area contributed by atoms with Gasteiger partial charge in [-0.2, -0.15) is 0 Å². The van der Waals surface area contributed by atoms with Gasteiger partial charge in [0, 0.05) is 43.3 Å². The van der Waals surface area contributed by atoms with Crippen LogP contribution in [0.25, 0.3) is 11.1 Å². The second kappa shape index (κ2) is 16.3. The van der Waals surface area contributed by atoms with Gasteiger partial charge in [0.15, 0.2) is 6.29 Å².